The van der Waals surface area contributed by atoms with Crippen molar-refractivity contribution in [2.24, 2.45) is 0 Å². The predicted molar refractivity (Wildman–Crippen MR) is 91.0 cm³/mol. The standard InChI is InChI=1S/C18H18O8/c1-22-13-9-16(25-4)15(24-3)8-11(13)18(21)26-12-6-5-10(17(19)20)7-14(12)23-2/h5-9H,1-4H3,(H,19,20). The highest BCUT2D eigenvalue weighted by Gasteiger charge is 2.21. The van der Waals surface area contributed by atoms with Gasteiger partial charge in [0.15, 0.2) is 23.0 Å². The molecule has 26 heavy (non-hydrogen) atoms. The molecule has 0 heterocycles. The lowest BCUT2D eigenvalue weighted by molar-refractivity contribution is 0.0696. The van der Waals surface area contributed by atoms with Crippen LogP contribution in [-0.4, -0.2) is 45.5 Å². The molecule has 0 saturated carbocycles. The summed E-state index contributed by atoms with van der Waals surface area (Å²) in [5.41, 5.74) is 0.111. The maximum absolute atomic E-state index is 12.6. The van der Waals surface area contributed by atoms with Crippen LogP contribution in [0.5, 0.6) is 28.7 Å². The Hall–Kier alpha value is -3.42. The Balaban J connectivity index is 2.40. The molecule has 1 N–H and O–H groups in total. The number of carbonyl (C=O) groups excluding carboxylic acids is 1. The topological polar surface area (TPSA) is 101 Å². The van der Waals surface area contributed by atoms with Crippen molar-refractivity contribution in [1.82, 2.24) is 0 Å². The number of carboxylic acid groups (broad SMARTS) is 1. The van der Waals surface area contributed by atoms with Crippen molar-refractivity contribution >= 4 is 11.9 Å². The second-order valence-corrected chi connectivity index (χ2v) is 4.97. The first kappa shape index (κ1) is 18.9. The number of carboxylic acids is 1. The highest BCUT2D eigenvalue weighted by Crippen LogP contribution is 2.36. The number of rotatable bonds is 7. The molecule has 0 aliphatic heterocycles. The number of hydrogen-bond donors (Lipinski definition) is 1. The molecule has 2 aromatic rings. The quantitative estimate of drug-likeness (QED) is 0.593. The normalized spacial score (nSPS) is 10.0. The number of esters is 1. The first-order chi connectivity index (χ1) is 12.4. The Morgan fingerprint density at radius 1 is 0.731 bits per heavy atom. The van der Waals surface area contributed by atoms with Crippen molar-refractivity contribution in [3.05, 3.63) is 41.5 Å². The van der Waals surface area contributed by atoms with Gasteiger partial charge in [-0.2, -0.15) is 0 Å². The third-order valence-electron chi connectivity index (χ3n) is 3.54. The molecule has 0 aliphatic rings. The van der Waals surface area contributed by atoms with Gasteiger partial charge < -0.3 is 28.8 Å². The lowest BCUT2D eigenvalue weighted by Crippen LogP contribution is -2.12. The zero-order chi connectivity index (χ0) is 19.3. The smallest absolute Gasteiger partial charge is 0.347 e. The van der Waals surface area contributed by atoms with Crippen molar-refractivity contribution in [3.8, 4) is 28.7 Å². The van der Waals surface area contributed by atoms with Gasteiger partial charge >= 0.3 is 11.9 Å². The largest absolute Gasteiger partial charge is 0.496 e. The second kappa shape index (κ2) is 8.11. The molecule has 2 rings (SSSR count). The van der Waals surface area contributed by atoms with E-state index in [0.29, 0.717) is 11.5 Å². The summed E-state index contributed by atoms with van der Waals surface area (Å²) >= 11 is 0. The van der Waals surface area contributed by atoms with Gasteiger partial charge in [-0.1, -0.05) is 0 Å². The van der Waals surface area contributed by atoms with E-state index in [1.807, 2.05) is 0 Å². The summed E-state index contributed by atoms with van der Waals surface area (Å²) in [5.74, 6) is -0.726. The molecule has 0 fully saturated rings. The van der Waals surface area contributed by atoms with Crippen LogP contribution in [0.2, 0.25) is 0 Å². The van der Waals surface area contributed by atoms with Crippen molar-refractivity contribution in [3.63, 3.8) is 0 Å². The van der Waals surface area contributed by atoms with Crippen molar-refractivity contribution in [2.45, 2.75) is 0 Å². The van der Waals surface area contributed by atoms with Crippen LogP contribution in [-0.2, 0) is 0 Å². The van der Waals surface area contributed by atoms with E-state index in [2.05, 4.69) is 0 Å². The molecule has 0 aliphatic carbocycles. The van der Waals surface area contributed by atoms with Crippen LogP contribution in [0.1, 0.15) is 20.7 Å². The fourth-order valence-corrected chi connectivity index (χ4v) is 2.23. The molecule has 0 saturated heterocycles. The van der Waals surface area contributed by atoms with E-state index in [-0.39, 0.29) is 28.4 Å². The van der Waals surface area contributed by atoms with Gasteiger partial charge in [-0.25, -0.2) is 9.59 Å². The van der Waals surface area contributed by atoms with Crippen LogP contribution in [0.15, 0.2) is 30.3 Å². The molecule has 8 nitrogen and oxygen atoms in total. The summed E-state index contributed by atoms with van der Waals surface area (Å²) < 4.78 is 26.0. The van der Waals surface area contributed by atoms with E-state index in [0.717, 1.165) is 0 Å². The molecule has 138 valence electrons. The fraction of sp³-hybridized carbons (Fsp3) is 0.222. The molecule has 8 heteroatoms. The zero-order valence-corrected chi connectivity index (χ0v) is 14.7. The maximum atomic E-state index is 12.6. The van der Waals surface area contributed by atoms with Gasteiger partial charge in [-0.15, -0.1) is 0 Å². The monoisotopic (exact) mass is 362 g/mol. The van der Waals surface area contributed by atoms with Gasteiger partial charge in [0.2, 0.25) is 0 Å². The lowest BCUT2D eigenvalue weighted by atomic mass is 10.1. The SMILES string of the molecule is COc1cc(OC)c(C(=O)Oc2ccc(C(=O)O)cc2OC)cc1OC. The van der Waals surface area contributed by atoms with Crippen LogP contribution in [0.3, 0.4) is 0 Å². The van der Waals surface area contributed by atoms with Crippen molar-refractivity contribution in [2.75, 3.05) is 28.4 Å². The van der Waals surface area contributed by atoms with E-state index in [4.69, 9.17) is 28.8 Å². The van der Waals surface area contributed by atoms with Crippen molar-refractivity contribution in [1.29, 1.82) is 0 Å². The van der Waals surface area contributed by atoms with Gasteiger partial charge in [-0.3, -0.25) is 0 Å². The Kier molecular flexibility index (Phi) is 5.90. The predicted octanol–water partition coefficient (Wildman–Crippen LogP) is 2.64. The van der Waals surface area contributed by atoms with Crippen LogP contribution in [0.25, 0.3) is 0 Å². The maximum Gasteiger partial charge on any atom is 0.347 e. The second-order valence-electron chi connectivity index (χ2n) is 4.97. The zero-order valence-electron chi connectivity index (χ0n) is 14.7. The molecule has 0 bridgehead atoms. The minimum Gasteiger partial charge on any atom is -0.496 e. The summed E-state index contributed by atoms with van der Waals surface area (Å²) in [5, 5.41) is 9.03. The van der Waals surface area contributed by atoms with Gasteiger partial charge in [0.1, 0.15) is 11.3 Å². The van der Waals surface area contributed by atoms with Crippen LogP contribution in [0.4, 0.5) is 0 Å². The number of hydrogen-bond acceptors (Lipinski definition) is 7. The molecule has 0 unspecified atom stereocenters. The third kappa shape index (κ3) is 3.80. The minimum atomic E-state index is -1.12. The van der Waals surface area contributed by atoms with E-state index in [1.54, 1.807) is 0 Å². The van der Waals surface area contributed by atoms with Gasteiger partial charge in [0.25, 0.3) is 0 Å². The minimum absolute atomic E-state index is 0.00495. The summed E-state index contributed by atoms with van der Waals surface area (Å²) in [6.07, 6.45) is 0. The van der Waals surface area contributed by atoms with E-state index < -0.39 is 11.9 Å². The average Bonchev–Trinajstić information content (AvgIpc) is 2.66. The van der Waals surface area contributed by atoms with Crippen LogP contribution in [0, 0.1) is 0 Å². The summed E-state index contributed by atoms with van der Waals surface area (Å²) in [4.78, 5) is 23.6. The molecular formula is C18H18O8. The first-order valence-electron chi connectivity index (χ1n) is 7.38. The van der Waals surface area contributed by atoms with E-state index in [1.165, 1.54) is 58.8 Å². The number of carbonyl (C=O) groups is 2. The molecule has 0 aromatic heterocycles. The Bertz CT molecular complexity index is 828. The van der Waals surface area contributed by atoms with Gasteiger partial charge in [0, 0.05) is 12.1 Å². The van der Waals surface area contributed by atoms with Crippen LogP contribution >= 0.6 is 0 Å². The number of methoxy groups -OCH3 is 4. The first-order valence-corrected chi connectivity index (χ1v) is 7.38. The van der Waals surface area contributed by atoms with E-state index in [9.17, 15) is 9.59 Å². The Morgan fingerprint density at radius 2 is 1.27 bits per heavy atom. The molecule has 2 aromatic carbocycles. The summed E-state index contributed by atoms with van der Waals surface area (Å²) in [6.45, 7) is 0. The van der Waals surface area contributed by atoms with Crippen LogP contribution < -0.4 is 23.7 Å². The molecule has 0 radical (unpaired) electrons. The van der Waals surface area contributed by atoms with Gasteiger partial charge in [0.05, 0.1) is 34.0 Å². The highest BCUT2D eigenvalue weighted by molar-refractivity contribution is 5.95. The van der Waals surface area contributed by atoms with Gasteiger partial charge in [-0.05, 0) is 18.2 Å². The summed E-state index contributed by atoms with van der Waals surface area (Å²) in [6, 6.07) is 6.84. The number of ether oxygens (including phenoxy) is 5. The molecule has 0 atom stereocenters. The lowest BCUT2D eigenvalue weighted by Gasteiger charge is -2.14. The Morgan fingerprint density at radius 3 is 1.81 bits per heavy atom. The van der Waals surface area contributed by atoms with E-state index >= 15 is 0 Å². The highest BCUT2D eigenvalue weighted by atomic mass is 16.6. The number of aromatic carboxylic acids is 1. The summed E-state index contributed by atoms with van der Waals surface area (Å²) in [7, 11) is 5.65. The molecular weight excluding hydrogens is 344 g/mol. The third-order valence-corrected chi connectivity index (χ3v) is 3.54. The fourth-order valence-electron chi connectivity index (χ4n) is 2.23. The number of benzene rings is 2. The molecule has 0 spiro atoms. The molecule has 0 amide bonds. The van der Waals surface area contributed by atoms with Crippen molar-refractivity contribution < 1.29 is 38.4 Å². The average molecular weight is 362 g/mol. The Labute approximate surface area is 149 Å².